The molecule has 0 unspecified atom stereocenters. The van der Waals surface area contributed by atoms with Gasteiger partial charge < -0.3 is 15.0 Å². The van der Waals surface area contributed by atoms with E-state index in [4.69, 9.17) is 0 Å². The number of alkyl halides is 1. The van der Waals surface area contributed by atoms with Crippen LogP contribution < -0.4 is 5.32 Å². The van der Waals surface area contributed by atoms with E-state index < -0.39 is 6.17 Å². The number of rotatable bonds is 4. The minimum absolute atomic E-state index is 0.106. The molecule has 6 nitrogen and oxygen atoms in total. The van der Waals surface area contributed by atoms with Crippen LogP contribution in [0.25, 0.3) is 16.9 Å². The van der Waals surface area contributed by atoms with Crippen molar-refractivity contribution < 1.29 is 9.50 Å². The van der Waals surface area contributed by atoms with Crippen molar-refractivity contribution in [2.24, 2.45) is 0 Å². The maximum atomic E-state index is 13.9. The van der Waals surface area contributed by atoms with Crippen molar-refractivity contribution in [3.05, 3.63) is 48.9 Å². The van der Waals surface area contributed by atoms with Crippen LogP contribution in [0.4, 0.5) is 4.39 Å². The number of halogens is 1. The molecular formula is C18H18FN5OS. The topological polar surface area (TPSA) is 75.9 Å². The van der Waals surface area contributed by atoms with E-state index in [0.717, 1.165) is 18.7 Å². The van der Waals surface area contributed by atoms with Gasteiger partial charge in [0, 0.05) is 41.5 Å². The number of hydrogen-bond donors (Lipinski definition) is 2. The van der Waals surface area contributed by atoms with Gasteiger partial charge in [0.25, 0.3) is 0 Å². The Morgan fingerprint density at radius 3 is 2.77 bits per heavy atom. The van der Waals surface area contributed by atoms with Gasteiger partial charge in [-0.1, -0.05) is 11.8 Å². The smallest absolute Gasteiger partial charge is 0.209 e. The maximum absolute atomic E-state index is 13.9. The summed E-state index contributed by atoms with van der Waals surface area (Å²) in [7, 11) is 0. The lowest BCUT2D eigenvalue weighted by Crippen LogP contribution is -2.39. The third kappa shape index (κ3) is 3.56. The van der Waals surface area contributed by atoms with Crippen LogP contribution in [0.15, 0.2) is 54.1 Å². The van der Waals surface area contributed by atoms with Gasteiger partial charge in [0.15, 0.2) is 0 Å². The zero-order chi connectivity index (χ0) is 17.9. The van der Waals surface area contributed by atoms with Crippen molar-refractivity contribution in [3.63, 3.8) is 0 Å². The fourth-order valence-corrected chi connectivity index (χ4v) is 3.86. The van der Waals surface area contributed by atoms with Crippen molar-refractivity contribution in [1.29, 1.82) is 0 Å². The zero-order valence-corrected chi connectivity index (χ0v) is 14.7. The Labute approximate surface area is 154 Å². The number of hydrogen-bond acceptors (Lipinski definition) is 6. The molecule has 1 fully saturated rings. The minimum atomic E-state index is -0.915. The average Bonchev–Trinajstić information content (AvgIpc) is 3.19. The van der Waals surface area contributed by atoms with Gasteiger partial charge in [0.05, 0.1) is 6.20 Å². The summed E-state index contributed by atoms with van der Waals surface area (Å²) in [6.45, 7) is 1.16. The molecular weight excluding hydrogens is 353 g/mol. The Hall–Kier alpha value is -2.45. The molecule has 134 valence electrons. The molecule has 3 heterocycles. The Balaban J connectivity index is 1.51. The van der Waals surface area contributed by atoms with Crippen molar-refractivity contribution in [2.45, 2.75) is 23.0 Å². The Morgan fingerprint density at radius 2 is 2.08 bits per heavy atom. The van der Waals surface area contributed by atoms with E-state index in [9.17, 15) is 9.50 Å². The number of nitrogens with one attached hydrogen (secondary N) is 1. The molecule has 2 aromatic heterocycles. The molecule has 26 heavy (non-hydrogen) atoms. The molecule has 0 radical (unpaired) electrons. The molecule has 3 aromatic rings. The number of aromatic hydroxyl groups is 1. The largest absolute Gasteiger partial charge is 0.507 e. The highest BCUT2D eigenvalue weighted by molar-refractivity contribution is 7.99. The highest BCUT2D eigenvalue weighted by atomic mass is 32.2. The number of benzene rings is 1. The normalized spacial score (nSPS) is 20.2. The number of phenolic OH excluding ortho intramolecular Hbond substituents is 1. The molecule has 1 aliphatic rings. The first kappa shape index (κ1) is 17.0. The highest BCUT2D eigenvalue weighted by Crippen LogP contribution is 2.31. The van der Waals surface area contributed by atoms with Crippen molar-refractivity contribution in [1.82, 2.24) is 25.1 Å². The molecule has 1 aliphatic heterocycles. The van der Waals surface area contributed by atoms with Gasteiger partial charge in [0.1, 0.15) is 17.6 Å². The number of phenols is 1. The van der Waals surface area contributed by atoms with E-state index in [1.54, 1.807) is 18.3 Å². The van der Waals surface area contributed by atoms with Gasteiger partial charge in [-0.25, -0.2) is 9.37 Å². The third-order valence-electron chi connectivity index (χ3n) is 4.31. The van der Waals surface area contributed by atoms with Gasteiger partial charge in [-0.3, -0.25) is 0 Å². The first-order valence-electron chi connectivity index (χ1n) is 8.38. The second-order valence-electron chi connectivity index (χ2n) is 6.08. The fourth-order valence-electron chi connectivity index (χ4n) is 2.91. The summed E-state index contributed by atoms with van der Waals surface area (Å²) in [5, 5.41) is 21.9. The van der Waals surface area contributed by atoms with Gasteiger partial charge >= 0.3 is 0 Å². The van der Waals surface area contributed by atoms with Crippen LogP contribution in [0.2, 0.25) is 0 Å². The molecule has 4 rings (SSSR count). The first-order chi connectivity index (χ1) is 12.7. The molecule has 0 spiro atoms. The summed E-state index contributed by atoms with van der Waals surface area (Å²) in [6.07, 6.45) is 5.19. The number of thioether (sulfide) groups is 1. The quantitative estimate of drug-likeness (QED) is 0.735. The van der Waals surface area contributed by atoms with Crippen LogP contribution in [0.1, 0.15) is 6.42 Å². The first-order valence-corrected chi connectivity index (χ1v) is 9.26. The Kier molecular flexibility index (Phi) is 4.85. The van der Waals surface area contributed by atoms with Crippen LogP contribution in [-0.4, -0.2) is 49.4 Å². The molecule has 1 aromatic carbocycles. The second kappa shape index (κ2) is 7.43. The van der Waals surface area contributed by atoms with Gasteiger partial charge in [-0.15, -0.1) is 10.2 Å². The van der Waals surface area contributed by atoms with E-state index in [1.807, 2.05) is 35.2 Å². The summed E-state index contributed by atoms with van der Waals surface area (Å²) in [6, 6.07) is 9.18. The molecule has 0 amide bonds. The van der Waals surface area contributed by atoms with Crippen LogP contribution in [0, 0.1) is 0 Å². The van der Waals surface area contributed by atoms with Crippen molar-refractivity contribution in [3.8, 4) is 22.7 Å². The predicted molar refractivity (Wildman–Crippen MR) is 98.3 cm³/mol. The standard InChI is InChI=1S/C18H18FN5OS/c19-14-10-20-6-5-17(14)26-18-21-11-15(22-23-18)13-4-3-12(9-16(13)25)24-7-1-2-8-24/h1-4,7-9,11,14,17,20,25H,5-6,10H2/t14-,17-/m0/s1. The molecule has 1 saturated heterocycles. The van der Waals surface area contributed by atoms with Gasteiger partial charge in [0.2, 0.25) is 5.16 Å². The van der Waals surface area contributed by atoms with Crippen molar-refractivity contribution in [2.75, 3.05) is 13.1 Å². The fraction of sp³-hybridized carbons (Fsp3) is 0.278. The van der Waals surface area contributed by atoms with Gasteiger partial charge in [-0.05, 0) is 37.2 Å². The monoisotopic (exact) mass is 371 g/mol. The number of aromatic nitrogens is 4. The molecule has 0 saturated carbocycles. The molecule has 0 aliphatic carbocycles. The second-order valence-corrected chi connectivity index (χ2v) is 7.29. The average molecular weight is 371 g/mol. The van der Waals surface area contributed by atoms with Crippen LogP contribution in [-0.2, 0) is 0 Å². The zero-order valence-electron chi connectivity index (χ0n) is 13.9. The lowest BCUT2D eigenvalue weighted by molar-refractivity contribution is 0.275. The molecule has 2 atom stereocenters. The third-order valence-corrected chi connectivity index (χ3v) is 5.54. The lowest BCUT2D eigenvalue weighted by Gasteiger charge is -2.25. The summed E-state index contributed by atoms with van der Waals surface area (Å²) in [4.78, 5) is 4.28. The van der Waals surface area contributed by atoms with E-state index in [-0.39, 0.29) is 11.0 Å². The van der Waals surface area contributed by atoms with Crippen LogP contribution >= 0.6 is 11.8 Å². The summed E-state index contributed by atoms with van der Waals surface area (Å²) >= 11 is 1.32. The lowest BCUT2D eigenvalue weighted by atomic mass is 10.1. The summed E-state index contributed by atoms with van der Waals surface area (Å²) < 4.78 is 15.8. The van der Waals surface area contributed by atoms with Crippen molar-refractivity contribution >= 4 is 11.8 Å². The van der Waals surface area contributed by atoms with Crippen LogP contribution in [0.3, 0.4) is 0 Å². The van der Waals surface area contributed by atoms with E-state index in [0.29, 0.717) is 23.0 Å². The van der Waals surface area contributed by atoms with E-state index in [2.05, 4.69) is 20.5 Å². The molecule has 2 N–H and O–H groups in total. The van der Waals surface area contributed by atoms with E-state index in [1.165, 1.54) is 11.8 Å². The Bertz CT molecular complexity index is 872. The number of piperidine rings is 1. The molecule has 0 bridgehead atoms. The molecule has 8 heteroatoms. The minimum Gasteiger partial charge on any atom is -0.507 e. The van der Waals surface area contributed by atoms with Crippen LogP contribution in [0.5, 0.6) is 5.75 Å². The summed E-state index contributed by atoms with van der Waals surface area (Å²) in [5.41, 5.74) is 1.89. The van der Waals surface area contributed by atoms with E-state index >= 15 is 0 Å². The maximum Gasteiger partial charge on any atom is 0.209 e. The highest BCUT2D eigenvalue weighted by Gasteiger charge is 2.26. The number of nitrogens with zero attached hydrogens (tertiary/aromatic N) is 4. The summed E-state index contributed by atoms with van der Waals surface area (Å²) in [5.74, 6) is 0.106. The van der Waals surface area contributed by atoms with Gasteiger partial charge in [-0.2, -0.15) is 0 Å². The SMILES string of the molecule is Oc1cc(-n2cccc2)ccc1-c1cnc(S[C@H]2CCNC[C@@H]2F)nn1. The Morgan fingerprint density at radius 1 is 1.23 bits per heavy atom. The predicted octanol–water partition coefficient (Wildman–Crippen LogP) is 2.83.